The Kier molecular flexibility index (Phi) is 5.40. The van der Waals surface area contributed by atoms with Crippen LogP contribution in [0.2, 0.25) is 0 Å². The summed E-state index contributed by atoms with van der Waals surface area (Å²) in [5.41, 5.74) is 9.88. The number of nitrogens with zero attached hydrogens (tertiary/aromatic N) is 2. The van der Waals surface area contributed by atoms with Gasteiger partial charge in [0.2, 0.25) is 0 Å². The van der Waals surface area contributed by atoms with Gasteiger partial charge in [0.15, 0.2) is 11.5 Å². The summed E-state index contributed by atoms with van der Waals surface area (Å²) in [5, 5.41) is 17.2. The van der Waals surface area contributed by atoms with E-state index in [9.17, 15) is 4.79 Å². The van der Waals surface area contributed by atoms with Crippen molar-refractivity contribution in [2.24, 2.45) is 15.6 Å². The minimum absolute atomic E-state index is 0.0421. The first-order valence-corrected chi connectivity index (χ1v) is 9.20. The largest absolute Gasteiger partial charge is 0.297 e. The standard InChI is InChI=1S/C22H25N5O/c1-14-5-9-16(10-6-14)24-26-20-18(28)13-22(3,4)21(19(20)23)27-25-17-11-7-15(2)8-12-17/h5-12,23-25H,13H2,1-4H3/b23-19?,26-20-,27-21-. The summed E-state index contributed by atoms with van der Waals surface area (Å²) in [6, 6.07) is 15.5. The van der Waals surface area contributed by atoms with E-state index in [1.807, 2.05) is 76.2 Å². The number of hydrogen-bond donors (Lipinski definition) is 3. The Morgan fingerprint density at radius 3 is 1.82 bits per heavy atom. The first kappa shape index (κ1) is 19.5. The minimum Gasteiger partial charge on any atom is -0.297 e. The van der Waals surface area contributed by atoms with Crippen molar-refractivity contribution in [2.45, 2.75) is 34.1 Å². The van der Waals surface area contributed by atoms with E-state index in [-0.39, 0.29) is 23.6 Å². The van der Waals surface area contributed by atoms with Gasteiger partial charge in [-0.15, -0.1) is 0 Å². The van der Waals surface area contributed by atoms with E-state index >= 15 is 0 Å². The van der Waals surface area contributed by atoms with Crippen LogP contribution in [0.15, 0.2) is 58.7 Å². The van der Waals surface area contributed by atoms with Gasteiger partial charge in [0.05, 0.1) is 17.1 Å². The maximum Gasteiger partial charge on any atom is 0.186 e. The monoisotopic (exact) mass is 375 g/mol. The molecule has 144 valence electrons. The second-order valence-electron chi connectivity index (χ2n) is 7.74. The van der Waals surface area contributed by atoms with E-state index < -0.39 is 5.41 Å². The summed E-state index contributed by atoms with van der Waals surface area (Å²) < 4.78 is 0. The minimum atomic E-state index is -0.547. The molecule has 1 aliphatic rings. The molecule has 0 saturated heterocycles. The maximum absolute atomic E-state index is 12.6. The highest BCUT2D eigenvalue weighted by atomic mass is 16.1. The normalized spacial score (nSPS) is 19.1. The Labute approximate surface area is 165 Å². The molecule has 6 nitrogen and oxygen atoms in total. The van der Waals surface area contributed by atoms with Gasteiger partial charge >= 0.3 is 0 Å². The lowest BCUT2D eigenvalue weighted by Gasteiger charge is -2.31. The van der Waals surface area contributed by atoms with Crippen LogP contribution in [0.1, 0.15) is 31.4 Å². The van der Waals surface area contributed by atoms with Crippen molar-refractivity contribution in [2.75, 3.05) is 10.9 Å². The van der Waals surface area contributed by atoms with Gasteiger partial charge in [-0.25, -0.2) is 0 Å². The number of rotatable bonds is 4. The molecule has 0 spiro atoms. The fraction of sp³-hybridized carbons (Fsp3) is 0.273. The van der Waals surface area contributed by atoms with Crippen molar-refractivity contribution in [1.82, 2.24) is 0 Å². The van der Waals surface area contributed by atoms with Crippen molar-refractivity contribution in [3.63, 3.8) is 0 Å². The average molecular weight is 375 g/mol. The molecular weight excluding hydrogens is 350 g/mol. The lowest BCUT2D eigenvalue weighted by molar-refractivity contribution is -0.114. The van der Waals surface area contributed by atoms with Crippen LogP contribution in [0.4, 0.5) is 11.4 Å². The van der Waals surface area contributed by atoms with E-state index in [2.05, 4.69) is 21.1 Å². The van der Waals surface area contributed by atoms with Crippen LogP contribution in [0.25, 0.3) is 0 Å². The third-order valence-corrected chi connectivity index (χ3v) is 4.68. The Morgan fingerprint density at radius 2 is 1.32 bits per heavy atom. The highest BCUT2D eigenvalue weighted by molar-refractivity contribution is 6.83. The molecule has 1 fully saturated rings. The van der Waals surface area contributed by atoms with Crippen LogP contribution in [0.3, 0.4) is 0 Å². The van der Waals surface area contributed by atoms with Crippen molar-refractivity contribution in [1.29, 1.82) is 5.41 Å². The smallest absolute Gasteiger partial charge is 0.186 e. The zero-order valence-corrected chi connectivity index (χ0v) is 16.6. The van der Waals surface area contributed by atoms with Crippen molar-refractivity contribution >= 4 is 34.3 Å². The van der Waals surface area contributed by atoms with E-state index in [4.69, 9.17) is 5.41 Å². The van der Waals surface area contributed by atoms with Gasteiger partial charge in [-0.1, -0.05) is 49.2 Å². The van der Waals surface area contributed by atoms with Gasteiger partial charge < -0.3 is 0 Å². The van der Waals surface area contributed by atoms with E-state index in [1.54, 1.807) is 0 Å². The molecule has 0 aromatic heterocycles. The number of carbonyl (C=O) groups excluding carboxylic acids is 1. The van der Waals surface area contributed by atoms with Gasteiger partial charge in [-0.2, -0.15) is 10.2 Å². The molecule has 0 atom stereocenters. The summed E-state index contributed by atoms with van der Waals surface area (Å²) in [6.07, 6.45) is 0.248. The Balaban J connectivity index is 1.84. The lowest BCUT2D eigenvalue weighted by Crippen LogP contribution is -2.47. The van der Waals surface area contributed by atoms with Crippen LogP contribution in [-0.2, 0) is 4.79 Å². The highest BCUT2D eigenvalue weighted by Gasteiger charge is 2.41. The first-order valence-electron chi connectivity index (χ1n) is 9.20. The number of Topliss-reactive ketones (excluding diaryl/α,β-unsaturated/α-hetero) is 1. The first-order chi connectivity index (χ1) is 13.3. The third kappa shape index (κ3) is 4.34. The number of anilines is 2. The summed E-state index contributed by atoms with van der Waals surface area (Å²) in [4.78, 5) is 12.6. The molecule has 3 rings (SSSR count). The predicted molar refractivity (Wildman–Crippen MR) is 116 cm³/mol. The molecule has 1 saturated carbocycles. The van der Waals surface area contributed by atoms with E-state index in [1.165, 1.54) is 0 Å². The molecule has 28 heavy (non-hydrogen) atoms. The predicted octanol–water partition coefficient (Wildman–Crippen LogP) is 4.56. The Hall–Kier alpha value is -3.28. The molecule has 3 N–H and O–H groups in total. The maximum atomic E-state index is 12.6. The number of nitrogens with one attached hydrogen (secondary N) is 3. The summed E-state index contributed by atoms with van der Waals surface area (Å²) in [6.45, 7) is 7.85. The van der Waals surface area contributed by atoms with E-state index in [0.717, 1.165) is 22.5 Å². The van der Waals surface area contributed by atoms with Crippen molar-refractivity contribution in [3.05, 3.63) is 59.7 Å². The molecule has 1 aliphatic carbocycles. The molecule has 2 aromatic rings. The number of carbonyl (C=O) groups is 1. The molecule has 0 radical (unpaired) electrons. The third-order valence-electron chi connectivity index (χ3n) is 4.68. The summed E-state index contributed by atoms with van der Waals surface area (Å²) in [5.74, 6) is -0.163. The molecule has 0 heterocycles. The summed E-state index contributed by atoms with van der Waals surface area (Å²) in [7, 11) is 0. The summed E-state index contributed by atoms with van der Waals surface area (Å²) >= 11 is 0. The molecule has 0 amide bonds. The molecule has 2 aromatic carbocycles. The number of ketones is 1. The average Bonchev–Trinajstić information content (AvgIpc) is 2.63. The molecule has 0 bridgehead atoms. The van der Waals surface area contributed by atoms with E-state index in [0.29, 0.717) is 5.71 Å². The zero-order valence-electron chi connectivity index (χ0n) is 16.6. The number of hydrazone groups is 2. The molecular formula is C22H25N5O. The quantitative estimate of drug-likeness (QED) is 0.684. The Morgan fingerprint density at radius 1 is 0.857 bits per heavy atom. The van der Waals surface area contributed by atoms with Gasteiger partial charge in [0.25, 0.3) is 0 Å². The van der Waals surface area contributed by atoms with Crippen LogP contribution in [0.5, 0.6) is 0 Å². The van der Waals surface area contributed by atoms with Gasteiger partial charge in [-0.3, -0.25) is 21.1 Å². The topological polar surface area (TPSA) is 89.7 Å². The molecule has 6 heteroatoms. The van der Waals surface area contributed by atoms with Crippen molar-refractivity contribution in [3.8, 4) is 0 Å². The fourth-order valence-electron chi connectivity index (χ4n) is 2.98. The molecule has 0 unspecified atom stereocenters. The lowest BCUT2D eigenvalue weighted by atomic mass is 9.73. The van der Waals surface area contributed by atoms with Crippen molar-refractivity contribution < 1.29 is 4.79 Å². The van der Waals surface area contributed by atoms with Crippen LogP contribution in [-0.4, -0.2) is 22.9 Å². The number of aryl methyl sites for hydroxylation is 2. The van der Waals surface area contributed by atoms with Crippen LogP contribution >= 0.6 is 0 Å². The second kappa shape index (κ2) is 7.76. The fourth-order valence-corrected chi connectivity index (χ4v) is 2.98. The zero-order chi connectivity index (χ0) is 20.3. The molecule has 0 aliphatic heterocycles. The second-order valence-corrected chi connectivity index (χ2v) is 7.74. The van der Waals surface area contributed by atoms with Gasteiger partial charge in [0, 0.05) is 11.8 Å². The van der Waals surface area contributed by atoms with Crippen LogP contribution < -0.4 is 10.9 Å². The van der Waals surface area contributed by atoms with Crippen LogP contribution in [0, 0.1) is 24.7 Å². The number of hydrogen-bond acceptors (Lipinski definition) is 6. The van der Waals surface area contributed by atoms with Gasteiger partial charge in [-0.05, 0) is 38.1 Å². The highest BCUT2D eigenvalue weighted by Crippen LogP contribution is 2.29. The number of benzene rings is 2. The SMILES string of the molecule is Cc1ccc(N/N=C2\C(=N)/C(=N/Nc3ccc(C)cc3)C(C)(C)CC2=O)cc1. The van der Waals surface area contributed by atoms with Gasteiger partial charge in [0.1, 0.15) is 5.71 Å². The Bertz CT molecular complexity index is 953.